The largest absolute Gasteiger partial charge is 0.381 e. The Morgan fingerprint density at radius 2 is 2.25 bits per heavy atom. The van der Waals surface area contributed by atoms with Crippen LogP contribution in [0.25, 0.3) is 0 Å². The maximum atomic E-state index is 11.5. The number of hydrogen-bond acceptors (Lipinski definition) is 3. The number of ether oxygens (including phenoxy) is 1. The van der Waals surface area contributed by atoms with Gasteiger partial charge in [-0.2, -0.15) is 5.26 Å². The molecule has 1 N–H and O–H groups in total. The van der Waals surface area contributed by atoms with E-state index in [1.165, 1.54) is 0 Å². The lowest BCUT2D eigenvalue weighted by molar-refractivity contribution is -0.117. The average Bonchev–Trinajstić information content (AvgIpc) is 2.30. The van der Waals surface area contributed by atoms with Crippen LogP contribution in [-0.4, -0.2) is 19.1 Å². The Kier molecular flexibility index (Phi) is 5.03. The number of nitriles is 1. The number of rotatable bonds is 5. The number of carbonyl (C=O) groups is 1. The normalized spacial score (nSPS) is 9.50. The minimum atomic E-state index is -0.142. The molecule has 1 aromatic carbocycles. The summed E-state index contributed by atoms with van der Waals surface area (Å²) in [7, 11) is 0. The molecule has 0 heterocycles. The van der Waals surface area contributed by atoms with Crippen molar-refractivity contribution < 1.29 is 9.53 Å². The minimum Gasteiger partial charge on any atom is -0.381 e. The van der Waals surface area contributed by atoms with Gasteiger partial charge in [0, 0.05) is 6.61 Å². The van der Waals surface area contributed by atoms with E-state index in [1.807, 2.05) is 13.0 Å². The zero-order chi connectivity index (χ0) is 11.8. The maximum absolute atomic E-state index is 11.5. The highest BCUT2D eigenvalue weighted by Gasteiger charge is 2.05. The van der Waals surface area contributed by atoms with Crippen LogP contribution in [0.2, 0.25) is 0 Å². The maximum Gasteiger partial charge on any atom is 0.226 e. The summed E-state index contributed by atoms with van der Waals surface area (Å²) < 4.78 is 5.07. The molecule has 0 saturated heterocycles. The monoisotopic (exact) mass is 218 g/mol. The van der Waals surface area contributed by atoms with Crippen LogP contribution in [0, 0.1) is 11.3 Å². The van der Waals surface area contributed by atoms with E-state index in [4.69, 9.17) is 10.00 Å². The summed E-state index contributed by atoms with van der Waals surface area (Å²) in [6.45, 7) is 2.88. The molecule has 1 amide bonds. The summed E-state index contributed by atoms with van der Waals surface area (Å²) in [5.74, 6) is -0.142. The number of amides is 1. The standard InChI is InChI=1S/C12H14N2O2/c1-2-16-8-7-12(15)14-11-6-4-3-5-10(11)9-13/h3-6H,2,7-8H2,1H3,(H,14,15). The Morgan fingerprint density at radius 3 is 2.94 bits per heavy atom. The highest BCUT2D eigenvalue weighted by Crippen LogP contribution is 2.13. The zero-order valence-corrected chi connectivity index (χ0v) is 9.19. The van der Waals surface area contributed by atoms with E-state index in [1.54, 1.807) is 24.3 Å². The zero-order valence-electron chi connectivity index (χ0n) is 9.19. The Balaban J connectivity index is 2.53. The molecule has 0 fully saturated rings. The third kappa shape index (κ3) is 3.71. The van der Waals surface area contributed by atoms with Crippen molar-refractivity contribution in [2.75, 3.05) is 18.5 Å². The molecule has 0 radical (unpaired) electrons. The molecule has 0 aliphatic heterocycles. The van der Waals surface area contributed by atoms with Crippen molar-refractivity contribution in [1.82, 2.24) is 0 Å². The van der Waals surface area contributed by atoms with Crippen LogP contribution < -0.4 is 5.32 Å². The molecule has 1 rings (SSSR count). The fraction of sp³-hybridized carbons (Fsp3) is 0.333. The van der Waals surface area contributed by atoms with Gasteiger partial charge < -0.3 is 10.1 Å². The van der Waals surface area contributed by atoms with Gasteiger partial charge in [0.1, 0.15) is 6.07 Å². The van der Waals surface area contributed by atoms with E-state index in [0.29, 0.717) is 30.9 Å². The smallest absolute Gasteiger partial charge is 0.226 e. The number of carbonyl (C=O) groups excluding carboxylic acids is 1. The Morgan fingerprint density at radius 1 is 1.50 bits per heavy atom. The molecule has 0 aliphatic rings. The molecule has 0 spiro atoms. The Bertz CT molecular complexity index is 396. The van der Waals surface area contributed by atoms with Gasteiger partial charge in [-0.05, 0) is 19.1 Å². The summed E-state index contributed by atoms with van der Waals surface area (Å²) in [5, 5.41) is 11.5. The molecule has 4 nitrogen and oxygen atoms in total. The lowest BCUT2D eigenvalue weighted by atomic mass is 10.2. The Labute approximate surface area is 94.8 Å². The third-order valence-electron chi connectivity index (χ3n) is 2.00. The minimum absolute atomic E-state index is 0.142. The van der Waals surface area contributed by atoms with Crippen molar-refractivity contribution in [3.05, 3.63) is 29.8 Å². The van der Waals surface area contributed by atoms with Crippen LogP contribution in [0.1, 0.15) is 18.9 Å². The van der Waals surface area contributed by atoms with Crippen LogP contribution in [0.5, 0.6) is 0 Å². The molecule has 0 bridgehead atoms. The molecular formula is C12H14N2O2. The summed E-state index contributed by atoms with van der Waals surface area (Å²) in [4.78, 5) is 11.5. The molecule has 16 heavy (non-hydrogen) atoms. The number of para-hydroxylation sites is 1. The molecule has 4 heteroatoms. The molecule has 84 valence electrons. The van der Waals surface area contributed by atoms with Crippen molar-refractivity contribution >= 4 is 11.6 Å². The first-order valence-corrected chi connectivity index (χ1v) is 5.14. The van der Waals surface area contributed by atoms with E-state index >= 15 is 0 Å². The second kappa shape index (κ2) is 6.59. The van der Waals surface area contributed by atoms with Crippen molar-refractivity contribution in [1.29, 1.82) is 5.26 Å². The third-order valence-corrected chi connectivity index (χ3v) is 2.00. The molecule has 0 aromatic heterocycles. The van der Waals surface area contributed by atoms with Gasteiger partial charge in [0.05, 0.1) is 24.3 Å². The van der Waals surface area contributed by atoms with Crippen LogP contribution in [0.3, 0.4) is 0 Å². The highest BCUT2D eigenvalue weighted by molar-refractivity contribution is 5.92. The van der Waals surface area contributed by atoms with Crippen LogP contribution >= 0.6 is 0 Å². The number of hydrogen-bond donors (Lipinski definition) is 1. The molecule has 0 saturated carbocycles. The summed E-state index contributed by atoms with van der Waals surface area (Å²) in [6, 6.07) is 8.93. The lowest BCUT2D eigenvalue weighted by Gasteiger charge is -2.06. The molecular weight excluding hydrogens is 204 g/mol. The van der Waals surface area contributed by atoms with Gasteiger partial charge in [-0.15, -0.1) is 0 Å². The van der Waals surface area contributed by atoms with Gasteiger partial charge in [-0.3, -0.25) is 4.79 Å². The van der Waals surface area contributed by atoms with Crippen molar-refractivity contribution in [2.24, 2.45) is 0 Å². The number of nitrogens with one attached hydrogen (secondary N) is 1. The SMILES string of the molecule is CCOCCC(=O)Nc1ccccc1C#N. The predicted molar refractivity (Wildman–Crippen MR) is 60.9 cm³/mol. The van der Waals surface area contributed by atoms with Gasteiger partial charge >= 0.3 is 0 Å². The predicted octanol–water partition coefficient (Wildman–Crippen LogP) is 1.92. The van der Waals surface area contributed by atoms with Crippen molar-refractivity contribution in [2.45, 2.75) is 13.3 Å². The number of anilines is 1. The first-order valence-electron chi connectivity index (χ1n) is 5.14. The van der Waals surface area contributed by atoms with E-state index in [9.17, 15) is 4.79 Å². The molecule has 0 atom stereocenters. The Hall–Kier alpha value is -1.86. The lowest BCUT2D eigenvalue weighted by Crippen LogP contribution is -2.14. The van der Waals surface area contributed by atoms with E-state index in [2.05, 4.69) is 5.32 Å². The van der Waals surface area contributed by atoms with E-state index < -0.39 is 0 Å². The van der Waals surface area contributed by atoms with Crippen LogP contribution in [0.15, 0.2) is 24.3 Å². The van der Waals surface area contributed by atoms with Gasteiger partial charge in [0.15, 0.2) is 0 Å². The first-order chi connectivity index (χ1) is 7.77. The van der Waals surface area contributed by atoms with E-state index in [-0.39, 0.29) is 5.91 Å². The summed E-state index contributed by atoms with van der Waals surface area (Å²) in [5.41, 5.74) is 1.01. The molecule has 1 aromatic rings. The van der Waals surface area contributed by atoms with Crippen LogP contribution in [-0.2, 0) is 9.53 Å². The fourth-order valence-corrected chi connectivity index (χ4v) is 1.21. The van der Waals surface area contributed by atoms with Crippen LogP contribution in [0.4, 0.5) is 5.69 Å². The molecule has 0 unspecified atom stereocenters. The molecule has 0 aliphatic carbocycles. The topological polar surface area (TPSA) is 62.1 Å². The fourth-order valence-electron chi connectivity index (χ4n) is 1.21. The number of nitrogens with zero attached hydrogens (tertiary/aromatic N) is 1. The highest BCUT2D eigenvalue weighted by atomic mass is 16.5. The summed E-state index contributed by atoms with van der Waals surface area (Å²) >= 11 is 0. The van der Waals surface area contributed by atoms with Crippen molar-refractivity contribution in [3.8, 4) is 6.07 Å². The van der Waals surface area contributed by atoms with Crippen molar-refractivity contribution in [3.63, 3.8) is 0 Å². The summed E-state index contributed by atoms with van der Waals surface area (Å²) in [6.07, 6.45) is 0.299. The second-order valence-corrected chi connectivity index (χ2v) is 3.15. The van der Waals surface area contributed by atoms with Gasteiger partial charge in [-0.25, -0.2) is 0 Å². The average molecular weight is 218 g/mol. The van der Waals surface area contributed by atoms with E-state index in [0.717, 1.165) is 0 Å². The quantitative estimate of drug-likeness (QED) is 0.768. The first kappa shape index (κ1) is 12.2. The van der Waals surface area contributed by atoms with Gasteiger partial charge in [-0.1, -0.05) is 12.1 Å². The van der Waals surface area contributed by atoms with Gasteiger partial charge in [0.2, 0.25) is 5.91 Å². The second-order valence-electron chi connectivity index (χ2n) is 3.15. The van der Waals surface area contributed by atoms with Gasteiger partial charge in [0.25, 0.3) is 0 Å². The number of benzene rings is 1.